The van der Waals surface area contributed by atoms with Gasteiger partial charge in [0.25, 0.3) is 5.91 Å². The second-order valence-corrected chi connectivity index (χ2v) is 5.81. The molecule has 4 aromatic rings. The standard InChI is InChI=1S/C21H17N3O/c25-21(22-14-20-18-12-6-7-13-19(18)23-24-20)17-11-5-4-10-16(17)15-8-2-1-3-9-15/h1-13H,14H2,(H,22,25)(H,23,24). The predicted molar refractivity (Wildman–Crippen MR) is 99.1 cm³/mol. The monoisotopic (exact) mass is 327 g/mol. The molecule has 0 bridgehead atoms. The number of carbonyl (C=O) groups excluding carboxylic acids is 1. The molecule has 3 aromatic carbocycles. The molecule has 0 fully saturated rings. The Morgan fingerprint density at radius 2 is 1.60 bits per heavy atom. The van der Waals surface area contributed by atoms with Crippen molar-refractivity contribution in [1.82, 2.24) is 15.5 Å². The molecule has 1 aromatic heterocycles. The molecule has 25 heavy (non-hydrogen) atoms. The van der Waals surface area contributed by atoms with Crippen LogP contribution in [0.25, 0.3) is 22.0 Å². The van der Waals surface area contributed by atoms with Crippen LogP contribution < -0.4 is 5.32 Å². The smallest absolute Gasteiger partial charge is 0.252 e. The summed E-state index contributed by atoms with van der Waals surface area (Å²) in [4.78, 5) is 12.7. The van der Waals surface area contributed by atoms with Crippen LogP contribution in [-0.2, 0) is 6.54 Å². The third-order valence-electron chi connectivity index (χ3n) is 4.22. The maximum Gasteiger partial charge on any atom is 0.252 e. The van der Waals surface area contributed by atoms with Gasteiger partial charge in [-0.1, -0.05) is 66.7 Å². The van der Waals surface area contributed by atoms with Gasteiger partial charge in [-0.25, -0.2) is 0 Å². The van der Waals surface area contributed by atoms with E-state index in [9.17, 15) is 4.79 Å². The lowest BCUT2D eigenvalue weighted by atomic mass is 9.99. The minimum absolute atomic E-state index is 0.0989. The van der Waals surface area contributed by atoms with E-state index < -0.39 is 0 Å². The number of carbonyl (C=O) groups is 1. The topological polar surface area (TPSA) is 57.8 Å². The molecule has 0 aliphatic carbocycles. The van der Waals surface area contributed by atoms with E-state index in [1.54, 1.807) is 0 Å². The van der Waals surface area contributed by atoms with Gasteiger partial charge in [0.1, 0.15) is 0 Å². The molecule has 0 radical (unpaired) electrons. The van der Waals surface area contributed by atoms with Gasteiger partial charge in [0.2, 0.25) is 0 Å². The van der Waals surface area contributed by atoms with E-state index in [4.69, 9.17) is 0 Å². The molecule has 1 heterocycles. The number of fused-ring (bicyclic) bond motifs is 1. The molecular weight excluding hydrogens is 310 g/mol. The number of aromatic amines is 1. The Hall–Kier alpha value is -3.40. The first-order valence-electron chi connectivity index (χ1n) is 8.17. The van der Waals surface area contributed by atoms with E-state index in [0.29, 0.717) is 12.1 Å². The number of aromatic nitrogens is 2. The summed E-state index contributed by atoms with van der Waals surface area (Å²) in [5.74, 6) is -0.0989. The van der Waals surface area contributed by atoms with Crippen LogP contribution in [0.15, 0.2) is 78.9 Å². The number of amides is 1. The van der Waals surface area contributed by atoms with E-state index in [1.165, 1.54) is 0 Å². The lowest BCUT2D eigenvalue weighted by Gasteiger charge is -2.10. The summed E-state index contributed by atoms with van der Waals surface area (Å²) in [5, 5.41) is 11.3. The van der Waals surface area contributed by atoms with Crippen LogP contribution >= 0.6 is 0 Å². The molecule has 4 heteroatoms. The van der Waals surface area contributed by atoms with Crippen molar-refractivity contribution in [2.45, 2.75) is 6.54 Å². The molecule has 0 saturated heterocycles. The van der Waals surface area contributed by atoms with Crippen LogP contribution in [0.3, 0.4) is 0 Å². The van der Waals surface area contributed by atoms with Gasteiger partial charge >= 0.3 is 0 Å². The number of H-pyrrole nitrogens is 1. The molecule has 0 spiro atoms. The van der Waals surface area contributed by atoms with Crippen molar-refractivity contribution in [1.29, 1.82) is 0 Å². The average molecular weight is 327 g/mol. The Labute approximate surface area is 145 Å². The van der Waals surface area contributed by atoms with Crippen molar-refractivity contribution in [2.75, 3.05) is 0 Å². The van der Waals surface area contributed by atoms with Crippen LogP contribution in [0.1, 0.15) is 16.1 Å². The van der Waals surface area contributed by atoms with Crippen LogP contribution in [0, 0.1) is 0 Å². The zero-order valence-corrected chi connectivity index (χ0v) is 13.6. The van der Waals surface area contributed by atoms with Gasteiger partial charge in [0.05, 0.1) is 17.8 Å². The van der Waals surface area contributed by atoms with Crippen molar-refractivity contribution >= 4 is 16.8 Å². The van der Waals surface area contributed by atoms with E-state index in [2.05, 4.69) is 15.5 Å². The summed E-state index contributed by atoms with van der Waals surface area (Å²) in [6.07, 6.45) is 0. The zero-order chi connectivity index (χ0) is 17.1. The Balaban J connectivity index is 1.58. The molecular formula is C21H17N3O. The van der Waals surface area contributed by atoms with Gasteiger partial charge in [-0.3, -0.25) is 9.89 Å². The first-order chi connectivity index (χ1) is 12.3. The van der Waals surface area contributed by atoms with Gasteiger partial charge in [-0.05, 0) is 23.3 Å². The molecule has 2 N–H and O–H groups in total. The van der Waals surface area contributed by atoms with Crippen molar-refractivity contribution in [3.05, 3.63) is 90.1 Å². The van der Waals surface area contributed by atoms with Gasteiger partial charge in [0.15, 0.2) is 0 Å². The minimum Gasteiger partial charge on any atom is -0.346 e. The van der Waals surface area contributed by atoms with Crippen LogP contribution in [0.4, 0.5) is 0 Å². The molecule has 4 rings (SSSR count). The van der Waals surface area contributed by atoms with Crippen molar-refractivity contribution in [2.24, 2.45) is 0 Å². The highest BCUT2D eigenvalue weighted by Crippen LogP contribution is 2.23. The molecule has 0 atom stereocenters. The number of para-hydroxylation sites is 1. The Morgan fingerprint density at radius 3 is 2.48 bits per heavy atom. The molecule has 122 valence electrons. The van der Waals surface area contributed by atoms with Crippen molar-refractivity contribution in [3.8, 4) is 11.1 Å². The zero-order valence-electron chi connectivity index (χ0n) is 13.6. The summed E-state index contributed by atoms with van der Waals surface area (Å²) in [5.41, 5.74) is 4.42. The summed E-state index contributed by atoms with van der Waals surface area (Å²) in [6, 6.07) is 25.4. The highest BCUT2D eigenvalue weighted by Gasteiger charge is 2.13. The minimum atomic E-state index is -0.0989. The molecule has 4 nitrogen and oxygen atoms in total. The predicted octanol–water partition coefficient (Wildman–Crippen LogP) is 4.16. The number of hydrogen-bond donors (Lipinski definition) is 2. The second kappa shape index (κ2) is 6.61. The maximum absolute atomic E-state index is 12.7. The summed E-state index contributed by atoms with van der Waals surface area (Å²) in [6.45, 7) is 0.405. The number of nitrogens with zero attached hydrogens (tertiary/aromatic N) is 1. The molecule has 0 aliphatic heterocycles. The fourth-order valence-electron chi connectivity index (χ4n) is 2.96. The second-order valence-electron chi connectivity index (χ2n) is 5.81. The molecule has 0 aliphatic rings. The Morgan fingerprint density at radius 1 is 0.880 bits per heavy atom. The molecule has 0 saturated carbocycles. The van der Waals surface area contributed by atoms with Crippen LogP contribution in [0.5, 0.6) is 0 Å². The third kappa shape index (κ3) is 3.02. The first-order valence-corrected chi connectivity index (χ1v) is 8.17. The van der Waals surface area contributed by atoms with E-state index >= 15 is 0 Å². The van der Waals surface area contributed by atoms with Crippen LogP contribution in [-0.4, -0.2) is 16.1 Å². The highest BCUT2D eigenvalue weighted by atomic mass is 16.1. The van der Waals surface area contributed by atoms with Crippen LogP contribution in [0.2, 0.25) is 0 Å². The summed E-state index contributed by atoms with van der Waals surface area (Å²) < 4.78 is 0. The average Bonchev–Trinajstić information content (AvgIpc) is 3.10. The number of rotatable bonds is 4. The van der Waals surface area contributed by atoms with Crippen molar-refractivity contribution in [3.63, 3.8) is 0 Å². The maximum atomic E-state index is 12.7. The van der Waals surface area contributed by atoms with E-state index in [-0.39, 0.29) is 5.91 Å². The number of benzene rings is 3. The Kier molecular flexibility index (Phi) is 4.01. The highest BCUT2D eigenvalue weighted by molar-refractivity contribution is 6.01. The Bertz CT molecular complexity index is 1020. The van der Waals surface area contributed by atoms with E-state index in [0.717, 1.165) is 27.7 Å². The fourth-order valence-corrected chi connectivity index (χ4v) is 2.96. The van der Waals surface area contributed by atoms with Gasteiger partial charge in [0, 0.05) is 10.9 Å². The SMILES string of the molecule is O=C(NCc1[nH]nc2ccccc12)c1ccccc1-c1ccccc1. The quantitative estimate of drug-likeness (QED) is 0.591. The molecule has 0 unspecified atom stereocenters. The summed E-state index contributed by atoms with van der Waals surface area (Å²) in [7, 11) is 0. The van der Waals surface area contributed by atoms with Gasteiger partial charge in [-0.15, -0.1) is 0 Å². The first kappa shape index (κ1) is 15.1. The molecule has 1 amide bonds. The fraction of sp³-hybridized carbons (Fsp3) is 0.0476. The largest absolute Gasteiger partial charge is 0.346 e. The van der Waals surface area contributed by atoms with Gasteiger partial charge in [-0.2, -0.15) is 5.10 Å². The summed E-state index contributed by atoms with van der Waals surface area (Å²) >= 11 is 0. The normalized spacial score (nSPS) is 10.7. The van der Waals surface area contributed by atoms with E-state index in [1.807, 2.05) is 78.9 Å². The number of nitrogens with one attached hydrogen (secondary N) is 2. The number of hydrogen-bond acceptors (Lipinski definition) is 2. The lowest BCUT2D eigenvalue weighted by Crippen LogP contribution is -2.23. The third-order valence-corrected chi connectivity index (χ3v) is 4.22. The van der Waals surface area contributed by atoms with Gasteiger partial charge < -0.3 is 5.32 Å². The lowest BCUT2D eigenvalue weighted by molar-refractivity contribution is 0.0951. The van der Waals surface area contributed by atoms with Crippen molar-refractivity contribution < 1.29 is 4.79 Å².